The third-order valence-corrected chi connectivity index (χ3v) is 3.19. The molecule has 0 atom stereocenters. The van der Waals surface area contributed by atoms with E-state index in [1.54, 1.807) is 6.20 Å². The van der Waals surface area contributed by atoms with Gasteiger partial charge in [-0.2, -0.15) is 5.26 Å². The van der Waals surface area contributed by atoms with Crippen molar-refractivity contribution in [2.75, 3.05) is 31.2 Å². The van der Waals surface area contributed by atoms with Crippen molar-refractivity contribution in [3.8, 4) is 6.07 Å². The van der Waals surface area contributed by atoms with Gasteiger partial charge in [0.1, 0.15) is 6.07 Å². The van der Waals surface area contributed by atoms with Gasteiger partial charge < -0.3 is 9.64 Å². The van der Waals surface area contributed by atoms with E-state index in [9.17, 15) is 5.26 Å². The summed E-state index contributed by atoms with van der Waals surface area (Å²) >= 11 is 0. The molecule has 1 saturated heterocycles. The van der Waals surface area contributed by atoms with Gasteiger partial charge in [0, 0.05) is 24.7 Å². The fraction of sp³-hybridized carbons (Fsp3) is 0.286. The second-order valence-corrected chi connectivity index (χ2v) is 4.25. The molecule has 1 aliphatic rings. The van der Waals surface area contributed by atoms with Gasteiger partial charge in [-0.1, -0.05) is 18.2 Å². The van der Waals surface area contributed by atoms with Gasteiger partial charge in [-0.25, -0.2) is 0 Å². The number of nitrogens with zero attached hydrogens (tertiary/aromatic N) is 3. The zero-order valence-corrected chi connectivity index (χ0v) is 9.97. The second kappa shape index (κ2) is 4.63. The van der Waals surface area contributed by atoms with Crippen molar-refractivity contribution < 1.29 is 4.74 Å². The number of aromatic nitrogens is 1. The van der Waals surface area contributed by atoms with Gasteiger partial charge in [0.05, 0.1) is 30.0 Å². The monoisotopic (exact) mass is 239 g/mol. The summed E-state index contributed by atoms with van der Waals surface area (Å²) < 4.78 is 5.37. The van der Waals surface area contributed by atoms with Crippen molar-refractivity contribution in [2.45, 2.75) is 0 Å². The number of benzene rings is 1. The summed E-state index contributed by atoms with van der Waals surface area (Å²) in [6.45, 7) is 3.06. The lowest BCUT2D eigenvalue weighted by molar-refractivity contribution is 0.123. The Hall–Kier alpha value is -2.12. The number of rotatable bonds is 1. The van der Waals surface area contributed by atoms with Crippen LogP contribution in [0.1, 0.15) is 5.56 Å². The normalized spacial score (nSPS) is 15.6. The highest BCUT2D eigenvalue weighted by molar-refractivity contribution is 5.94. The predicted molar refractivity (Wildman–Crippen MR) is 69.5 cm³/mol. The van der Waals surface area contributed by atoms with E-state index in [0.29, 0.717) is 18.8 Å². The van der Waals surface area contributed by atoms with Gasteiger partial charge in [-0.3, -0.25) is 4.98 Å². The molecule has 18 heavy (non-hydrogen) atoms. The highest BCUT2D eigenvalue weighted by atomic mass is 16.5. The molecule has 90 valence electrons. The SMILES string of the molecule is N#Cc1cnc2ccccc2c1N1CCOCC1. The largest absolute Gasteiger partial charge is 0.378 e. The van der Waals surface area contributed by atoms with Crippen LogP contribution in [0.2, 0.25) is 0 Å². The van der Waals surface area contributed by atoms with Crippen LogP contribution >= 0.6 is 0 Å². The van der Waals surface area contributed by atoms with Crippen molar-refractivity contribution >= 4 is 16.6 Å². The molecule has 3 rings (SSSR count). The van der Waals surface area contributed by atoms with Crippen LogP contribution in [0.15, 0.2) is 30.5 Å². The molecule has 0 radical (unpaired) electrons. The van der Waals surface area contributed by atoms with E-state index in [1.807, 2.05) is 24.3 Å². The molecule has 0 N–H and O–H groups in total. The molecule has 0 amide bonds. The number of fused-ring (bicyclic) bond motifs is 1. The number of morpholine rings is 1. The topological polar surface area (TPSA) is 49.2 Å². The van der Waals surface area contributed by atoms with Crippen molar-refractivity contribution in [1.29, 1.82) is 5.26 Å². The molecule has 4 heteroatoms. The van der Waals surface area contributed by atoms with Gasteiger partial charge >= 0.3 is 0 Å². The Labute approximate surface area is 105 Å². The summed E-state index contributed by atoms with van der Waals surface area (Å²) in [7, 11) is 0. The van der Waals surface area contributed by atoms with E-state index in [2.05, 4.69) is 16.0 Å². The highest BCUT2D eigenvalue weighted by Gasteiger charge is 2.18. The number of para-hydroxylation sites is 1. The average molecular weight is 239 g/mol. The Bertz CT molecular complexity index is 612. The number of hydrogen-bond donors (Lipinski definition) is 0. The first-order valence-corrected chi connectivity index (χ1v) is 6.00. The molecule has 1 aromatic heterocycles. The molecule has 1 fully saturated rings. The first-order valence-electron chi connectivity index (χ1n) is 6.00. The van der Waals surface area contributed by atoms with E-state index in [1.165, 1.54) is 0 Å². The summed E-state index contributed by atoms with van der Waals surface area (Å²) in [5, 5.41) is 10.3. The number of hydrogen-bond acceptors (Lipinski definition) is 4. The Balaban J connectivity index is 2.20. The van der Waals surface area contributed by atoms with Crippen molar-refractivity contribution in [3.63, 3.8) is 0 Å². The standard InChI is InChI=1S/C14H13N3O/c15-9-11-10-16-13-4-2-1-3-12(13)14(11)17-5-7-18-8-6-17/h1-4,10H,5-8H2. The molecular formula is C14H13N3O. The van der Waals surface area contributed by atoms with Gasteiger partial charge in [0.15, 0.2) is 0 Å². The molecule has 0 aliphatic carbocycles. The highest BCUT2D eigenvalue weighted by Crippen LogP contribution is 2.29. The van der Waals surface area contributed by atoms with Gasteiger partial charge in [-0.05, 0) is 6.07 Å². The lowest BCUT2D eigenvalue weighted by atomic mass is 10.1. The quantitative estimate of drug-likeness (QED) is 0.763. The Morgan fingerprint density at radius 2 is 2.00 bits per heavy atom. The number of ether oxygens (including phenoxy) is 1. The zero-order valence-electron chi connectivity index (χ0n) is 9.97. The molecule has 0 bridgehead atoms. The van der Waals surface area contributed by atoms with Crippen LogP contribution in [-0.4, -0.2) is 31.3 Å². The third kappa shape index (κ3) is 1.79. The molecular weight excluding hydrogens is 226 g/mol. The van der Waals surface area contributed by atoms with Crippen LogP contribution in [0.3, 0.4) is 0 Å². The summed E-state index contributed by atoms with van der Waals surface area (Å²) in [6, 6.07) is 10.2. The molecule has 0 spiro atoms. The fourth-order valence-corrected chi connectivity index (χ4v) is 2.34. The lowest BCUT2D eigenvalue weighted by Gasteiger charge is -2.30. The molecule has 1 aromatic carbocycles. The van der Waals surface area contributed by atoms with Crippen LogP contribution in [0, 0.1) is 11.3 Å². The van der Waals surface area contributed by atoms with Crippen molar-refractivity contribution in [3.05, 3.63) is 36.0 Å². The third-order valence-electron chi connectivity index (χ3n) is 3.19. The van der Waals surface area contributed by atoms with E-state index in [4.69, 9.17) is 4.74 Å². The smallest absolute Gasteiger partial charge is 0.103 e. The molecule has 2 aromatic rings. The Morgan fingerprint density at radius 1 is 1.22 bits per heavy atom. The van der Waals surface area contributed by atoms with E-state index in [-0.39, 0.29) is 0 Å². The van der Waals surface area contributed by atoms with E-state index < -0.39 is 0 Å². The van der Waals surface area contributed by atoms with Crippen molar-refractivity contribution in [1.82, 2.24) is 4.98 Å². The second-order valence-electron chi connectivity index (χ2n) is 4.25. The maximum Gasteiger partial charge on any atom is 0.103 e. The zero-order chi connectivity index (χ0) is 12.4. The molecule has 2 heterocycles. The number of pyridine rings is 1. The summed E-state index contributed by atoms with van der Waals surface area (Å²) in [5.74, 6) is 0. The molecule has 4 nitrogen and oxygen atoms in total. The predicted octanol–water partition coefficient (Wildman–Crippen LogP) is 1.94. The maximum atomic E-state index is 9.26. The average Bonchev–Trinajstić information content (AvgIpc) is 2.47. The van der Waals surface area contributed by atoms with Crippen LogP contribution in [0.5, 0.6) is 0 Å². The van der Waals surface area contributed by atoms with Gasteiger partial charge in [0.25, 0.3) is 0 Å². The minimum Gasteiger partial charge on any atom is -0.378 e. The lowest BCUT2D eigenvalue weighted by Crippen LogP contribution is -2.36. The Kier molecular flexibility index (Phi) is 2.83. The van der Waals surface area contributed by atoms with Gasteiger partial charge in [0.2, 0.25) is 0 Å². The summed E-state index contributed by atoms with van der Waals surface area (Å²) in [4.78, 5) is 6.54. The molecule has 1 aliphatic heterocycles. The minimum atomic E-state index is 0.635. The van der Waals surface area contributed by atoms with Gasteiger partial charge in [-0.15, -0.1) is 0 Å². The molecule has 0 saturated carbocycles. The first-order chi connectivity index (χ1) is 8.90. The number of nitriles is 1. The summed E-state index contributed by atoms with van der Waals surface area (Å²) in [6.07, 6.45) is 1.66. The first kappa shape index (κ1) is 11.0. The van der Waals surface area contributed by atoms with E-state index in [0.717, 1.165) is 29.7 Å². The Morgan fingerprint density at radius 3 is 2.78 bits per heavy atom. The molecule has 0 unspecified atom stereocenters. The maximum absolute atomic E-state index is 9.26. The number of anilines is 1. The van der Waals surface area contributed by atoms with Crippen LogP contribution in [0.4, 0.5) is 5.69 Å². The fourth-order valence-electron chi connectivity index (χ4n) is 2.34. The van der Waals surface area contributed by atoms with E-state index >= 15 is 0 Å². The summed E-state index contributed by atoms with van der Waals surface area (Å²) in [5.41, 5.74) is 2.56. The van der Waals surface area contributed by atoms with Crippen molar-refractivity contribution in [2.24, 2.45) is 0 Å². The van der Waals surface area contributed by atoms with Crippen LogP contribution in [-0.2, 0) is 4.74 Å². The van der Waals surface area contributed by atoms with Crippen LogP contribution < -0.4 is 4.90 Å². The van der Waals surface area contributed by atoms with Crippen LogP contribution in [0.25, 0.3) is 10.9 Å². The minimum absolute atomic E-state index is 0.635.